The number of aliphatic carboxylic acids is 6. The summed E-state index contributed by atoms with van der Waals surface area (Å²) >= 11 is 0. The first-order chi connectivity index (χ1) is 18.7. The van der Waals surface area contributed by atoms with E-state index in [0.29, 0.717) is 11.1 Å². The molecule has 0 aliphatic carbocycles. The van der Waals surface area contributed by atoms with Crippen molar-refractivity contribution in [3.05, 3.63) is 35.4 Å². The molecule has 1 aromatic rings. The number of nitrogens with zero attached hydrogens (tertiary/aromatic N) is 4. The van der Waals surface area contributed by atoms with E-state index in [9.17, 15) is 39.0 Å². The van der Waals surface area contributed by atoms with E-state index < -0.39 is 62.0 Å². The van der Waals surface area contributed by atoms with Crippen molar-refractivity contribution in [1.29, 1.82) is 0 Å². The van der Waals surface area contributed by atoms with Crippen LogP contribution in [0, 0.1) is 0 Å². The predicted molar refractivity (Wildman–Crippen MR) is 136 cm³/mol. The maximum absolute atomic E-state index is 11.3. The van der Waals surface area contributed by atoms with Gasteiger partial charge in [0.1, 0.15) is 0 Å². The molecule has 1 rings (SSSR count). The molecular weight excluding hydrogens is 536 g/mol. The van der Waals surface area contributed by atoms with Crippen LogP contribution in [-0.4, -0.2) is 152 Å². The van der Waals surface area contributed by atoms with E-state index in [-0.39, 0.29) is 52.4 Å². The first kappa shape index (κ1) is 33.9. The molecule has 16 nitrogen and oxygen atoms in total. The molecule has 0 fully saturated rings. The molecule has 40 heavy (non-hydrogen) atoms. The molecule has 0 spiro atoms. The molecule has 0 unspecified atom stereocenters. The van der Waals surface area contributed by atoms with Crippen LogP contribution in [0.5, 0.6) is 0 Å². The van der Waals surface area contributed by atoms with Crippen molar-refractivity contribution in [2.45, 2.75) is 13.1 Å². The van der Waals surface area contributed by atoms with E-state index in [1.807, 2.05) is 0 Å². The Labute approximate surface area is 229 Å². The molecule has 16 heteroatoms. The summed E-state index contributed by atoms with van der Waals surface area (Å²) in [5.41, 5.74) is 1.40. The molecular formula is C24H34N4O12. The molecule has 0 aromatic heterocycles. The Morgan fingerprint density at radius 2 is 0.600 bits per heavy atom. The van der Waals surface area contributed by atoms with Crippen LogP contribution < -0.4 is 0 Å². The largest absolute Gasteiger partial charge is 0.480 e. The summed E-state index contributed by atoms with van der Waals surface area (Å²) in [5.74, 6) is -7.09. The Hall–Kier alpha value is -4.12. The van der Waals surface area contributed by atoms with Gasteiger partial charge in [-0.25, -0.2) is 0 Å². The second kappa shape index (κ2) is 17.5. The Morgan fingerprint density at radius 1 is 0.400 bits per heavy atom. The minimum absolute atomic E-state index is 0.00882. The molecule has 0 radical (unpaired) electrons. The van der Waals surface area contributed by atoms with E-state index in [2.05, 4.69) is 0 Å². The molecule has 0 saturated carbocycles. The monoisotopic (exact) mass is 570 g/mol. The van der Waals surface area contributed by atoms with E-state index >= 15 is 0 Å². The lowest BCUT2D eigenvalue weighted by Crippen LogP contribution is -2.41. The molecule has 0 saturated heterocycles. The van der Waals surface area contributed by atoms with Crippen LogP contribution in [0.3, 0.4) is 0 Å². The normalized spacial score (nSPS) is 11.3. The van der Waals surface area contributed by atoms with Gasteiger partial charge in [0.05, 0.1) is 39.3 Å². The summed E-state index contributed by atoms with van der Waals surface area (Å²) in [7, 11) is 0. The van der Waals surface area contributed by atoms with E-state index in [4.69, 9.17) is 20.4 Å². The molecule has 0 amide bonds. The van der Waals surface area contributed by atoms with Gasteiger partial charge in [-0.05, 0) is 11.1 Å². The maximum Gasteiger partial charge on any atom is 0.317 e. The van der Waals surface area contributed by atoms with Crippen LogP contribution in [0.4, 0.5) is 0 Å². The summed E-state index contributed by atoms with van der Waals surface area (Å²) in [6.07, 6.45) is 0. The van der Waals surface area contributed by atoms with Crippen molar-refractivity contribution >= 4 is 35.8 Å². The fourth-order valence-electron chi connectivity index (χ4n) is 3.84. The summed E-state index contributed by atoms with van der Waals surface area (Å²) in [6.45, 7) is -2.28. The van der Waals surface area contributed by atoms with Crippen LogP contribution in [0.2, 0.25) is 0 Å². The minimum Gasteiger partial charge on any atom is -0.480 e. The second-order valence-corrected chi connectivity index (χ2v) is 9.02. The van der Waals surface area contributed by atoms with Gasteiger partial charge in [0, 0.05) is 39.3 Å². The lowest BCUT2D eigenvalue weighted by molar-refractivity contribution is -0.144. The number of hydrogen-bond donors (Lipinski definition) is 6. The highest BCUT2D eigenvalue weighted by Gasteiger charge is 2.19. The van der Waals surface area contributed by atoms with Gasteiger partial charge in [0.15, 0.2) is 0 Å². The summed E-state index contributed by atoms with van der Waals surface area (Å²) in [6, 6.07) is 6.82. The van der Waals surface area contributed by atoms with Crippen LogP contribution in [0.15, 0.2) is 24.3 Å². The van der Waals surface area contributed by atoms with Gasteiger partial charge in [-0.1, -0.05) is 24.3 Å². The SMILES string of the molecule is O=C(O)CN(CCN(CC(=O)O)Cc1ccc(CN(CCN(CC(=O)O)CC(=O)O)CC(=O)O)cc1)CC(=O)O. The standard InChI is InChI=1S/C24H34N4O12/c29-19(30)11-25(5-7-27(13-21(33)34)14-22(35)36)9-17-1-2-18(4-3-17)10-26(12-20(31)32)6-8-28(15-23(37)38)16-24(39)40/h1-4H,5-16H2,(H,29,30)(H,31,32)(H,33,34)(H,35,36)(H,37,38)(H,39,40). The smallest absolute Gasteiger partial charge is 0.317 e. The first-order valence-corrected chi connectivity index (χ1v) is 12.0. The van der Waals surface area contributed by atoms with Gasteiger partial charge in [0.25, 0.3) is 0 Å². The zero-order valence-corrected chi connectivity index (χ0v) is 21.7. The van der Waals surface area contributed by atoms with Crippen molar-refractivity contribution in [2.75, 3.05) is 65.4 Å². The quantitative estimate of drug-likeness (QED) is 0.0920. The average Bonchev–Trinajstić information content (AvgIpc) is 2.79. The topological polar surface area (TPSA) is 237 Å². The van der Waals surface area contributed by atoms with Gasteiger partial charge >= 0.3 is 35.8 Å². The van der Waals surface area contributed by atoms with Crippen molar-refractivity contribution in [2.24, 2.45) is 0 Å². The van der Waals surface area contributed by atoms with Crippen molar-refractivity contribution in [3.63, 3.8) is 0 Å². The number of carboxylic acid groups (broad SMARTS) is 6. The highest BCUT2D eigenvalue weighted by Crippen LogP contribution is 2.11. The van der Waals surface area contributed by atoms with Gasteiger partial charge < -0.3 is 30.6 Å². The Bertz CT molecular complexity index is 920. The molecule has 0 bridgehead atoms. The van der Waals surface area contributed by atoms with Gasteiger partial charge in [-0.3, -0.25) is 48.4 Å². The molecule has 0 atom stereocenters. The second-order valence-electron chi connectivity index (χ2n) is 9.02. The minimum atomic E-state index is -1.21. The lowest BCUT2D eigenvalue weighted by atomic mass is 10.1. The number of benzene rings is 1. The third-order valence-corrected chi connectivity index (χ3v) is 5.45. The van der Waals surface area contributed by atoms with Gasteiger partial charge in [-0.2, -0.15) is 0 Å². The van der Waals surface area contributed by atoms with Crippen molar-refractivity contribution in [1.82, 2.24) is 19.6 Å². The number of hydrogen-bond acceptors (Lipinski definition) is 10. The number of carbonyl (C=O) groups is 6. The van der Waals surface area contributed by atoms with Gasteiger partial charge in [-0.15, -0.1) is 0 Å². The van der Waals surface area contributed by atoms with E-state index in [1.165, 1.54) is 19.6 Å². The van der Waals surface area contributed by atoms with Crippen LogP contribution >= 0.6 is 0 Å². The van der Waals surface area contributed by atoms with Crippen molar-refractivity contribution < 1.29 is 59.4 Å². The maximum atomic E-state index is 11.3. The summed E-state index contributed by atoms with van der Waals surface area (Å²) in [4.78, 5) is 72.0. The average molecular weight is 571 g/mol. The highest BCUT2D eigenvalue weighted by molar-refractivity contribution is 5.73. The zero-order valence-electron chi connectivity index (χ0n) is 21.7. The fraction of sp³-hybridized carbons (Fsp3) is 0.500. The molecule has 0 aliphatic heterocycles. The molecule has 1 aromatic carbocycles. The third kappa shape index (κ3) is 16.0. The first-order valence-electron chi connectivity index (χ1n) is 12.0. The number of carboxylic acids is 6. The predicted octanol–water partition coefficient (Wildman–Crippen LogP) is -1.60. The Balaban J connectivity index is 2.87. The summed E-state index contributed by atoms with van der Waals surface area (Å²) in [5, 5.41) is 54.4. The summed E-state index contributed by atoms with van der Waals surface area (Å²) < 4.78 is 0. The van der Waals surface area contributed by atoms with Crippen molar-refractivity contribution in [3.8, 4) is 0 Å². The third-order valence-electron chi connectivity index (χ3n) is 5.45. The molecule has 0 aliphatic rings. The molecule has 222 valence electrons. The number of rotatable bonds is 22. The van der Waals surface area contributed by atoms with E-state index in [0.717, 1.165) is 0 Å². The van der Waals surface area contributed by atoms with Crippen LogP contribution in [0.25, 0.3) is 0 Å². The molecule has 0 heterocycles. The van der Waals surface area contributed by atoms with E-state index in [1.54, 1.807) is 24.3 Å². The van der Waals surface area contributed by atoms with Crippen LogP contribution in [0.1, 0.15) is 11.1 Å². The molecule has 6 N–H and O–H groups in total. The Kier molecular flexibility index (Phi) is 14.8. The zero-order chi connectivity index (χ0) is 30.2. The fourth-order valence-corrected chi connectivity index (χ4v) is 3.84. The highest BCUT2D eigenvalue weighted by atomic mass is 16.4. The Morgan fingerprint density at radius 3 is 0.825 bits per heavy atom. The van der Waals surface area contributed by atoms with Crippen LogP contribution in [-0.2, 0) is 41.9 Å². The lowest BCUT2D eigenvalue weighted by Gasteiger charge is -2.26. The van der Waals surface area contributed by atoms with Gasteiger partial charge in [0.2, 0.25) is 0 Å².